The Balaban J connectivity index is 4.52. The first-order valence-electron chi connectivity index (χ1n) is 6.56. The van der Waals surface area contributed by atoms with Gasteiger partial charge in [0.15, 0.2) is 0 Å². The van der Waals surface area contributed by atoms with Crippen molar-refractivity contribution in [2.24, 2.45) is 0 Å². The Hall–Kier alpha value is -0.120. The Morgan fingerprint density at radius 1 is 1.12 bits per heavy atom. The summed E-state index contributed by atoms with van der Waals surface area (Å²) in [7, 11) is 1.81. The third-order valence-corrected chi connectivity index (χ3v) is 3.37. The second-order valence-corrected chi connectivity index (χ2v) is 4.14. The predicted octanol–water partition coefficient (Wildman–Crippen LogP) is 2.60. The van der Waals surface area contributed by atoms with Crippen molar-refractivity contribution < 1.29 is 9.47 Å². The van der Waals surface area contributed by atoms with Crippen molar-refractivity contribution in [2.75, 3.05) is 26.9 Å². The average Bonchev–Trinajstić information content (AvgIpc) is 2.34. The van der Waals surface area contributed by atoms with Gasteiger partial charge < -0.3 is 14.8 Å². The standard InChI is InChI=1S/C13H29NO2/c1-6-10-14-12(11-16-9-4)13(7-2,8-3)15-5/h12,14H,6-11H2,1-5H3. The van der Waals surface area contributed by atoms with Gasteiger partial charge in [0.05, 0.1) is 18.2 Å². The van der Waals surface area contributed by atoms with Crippen LogP contribution in [0.4, 0.5) is 0 Å². The highest BCUT2D eigenvalue weighted by Gasteiger charge is 2.35. The van der Waals surface area contributed by atoms with Crippen molar-refractivity contribution in [3.63, 3.8) is 0 Å². The van der Waals surface area contributed by atoms with Crippen LogP contribution in [-0.4, -0.2) is 38.5 Å². The van der Waals surface area contributed by atoms with E-state index in [1.165, 1.54) is 0 Å². The van der Waals surface area contributed by atoms with E-state index < -0.39 is 0 Å². The molecule has 0 aromatic rings. The molecule has 0 aliphatic carbocycles. The summed E-state index contributed by atoms with van der Waals surface area (Å²) in [5, 5.41) is 3.55. The second kappa shape index (κ2) is 8.97. The van der Waals surface area contributed by atoms with Gasteiger partial charge in [0.2, 0.25) is 0 Å². The van der Waals surface area contributed by atoms with Crippen LogP contribution in [0.25, 0.3) is 0 Å². The molecule has 0 saturated carbocycles. The van der Waals surface area contributed by atoms with Crippen molar-refractivity contribution in [1.82, 2.24) is 5.32 Å². The molecule has 1 atom stereocenters. The SMILES string of the molecule is CCCNC(COCC)C(CC)(CC)OC. The Bertz CT molecular complexity index is 142. The zero-order chi connectivity index (χ0) is 12.4. The maximum Gasteiger partial charge on any atom is 0.0848 e. The molecule has 0 aromatic carbocycles. The van der Waals surface area contributed by atoms with E-state index in [1.54, 1.807) is 7.11 Å². The monoisotopic (exact) mass is 231 g/mol. The smallest absolute Gasteiger partial charge is 0.0848 e. The topological polar surface area (TPSA) is 30.5 Å². The fourth-order valence-corrected chi connectivity index (χ4v) is 2.12. The molecule has 0 bridgehead atoms. The molecule has 16 heavy (non-hydrogen) atoms. The minimum Gasteiger partial charge on any atom is -0.380 e. The number of rotatable bonds is 10. The predicted molar refractivity (Wildman–Crippen MR) is 68.9 cm³/mol. The minimum atomic E-state index is -0.0929. The van der Waals surface area contributed by atoms with E-state index >= 15 is 0 Å². The Morgan fingerprint density at radius 2 is 1.75 bits per heavy atom. The van der Waals surface area contributed by atoms with Crippen LogP contribution in [0.2, 0.25) is 0 Å². The molecule has 0 heterocycles. The van der Waals surface area contributed by atoms with E-state index in [0.29, 0.717) is 0 Å². The summed E-state index contributed by atoms with van der Waals surface area (Å²) < 4.78 is 11.3. The summed E-state index contributed by atoms with van der Waals surface area (Å²) >= 11 is 0. The summed E-state index contributed by atoms with van der Waals surface area (Å²) in [5.74, 6) is 0. The van der Waals surface area contributed by atoms with Crippen molar-refractivity contribution in [1.29, 1.82) is 0 Å². The van der Waals surface area contributed by atoms with Gasteiger partial charge in [0.1, 0.15) is 0 Å². The van der Waals surface area contributed by atoms with Crippen LogP contribution in [0.3, 0.4) is 0 Å². The van der Waals surface area contributed by atoms with E-state index in [1.807, 2.05) is 6.92 Å². The molecular formula is C13H29NO2. The van der Waals surface area contributed by atoms with E-state index in [4.69, 9.17) is 9.47 Å². The lowest BCUT2D eigenvalue weighted by molar-refractivity contribution is -0.0684. The van der Waals surface area contributed by atoms with Crippen LogP contribution >= 0.6 is 0 Å². The molecule has 0 aliphatic heterocycles. The number of hydrogen-bond acceptors (Lipinski definition) is 3. The lowest BCUT2D eigenvalue weighted by Crippen LogP contribution is -2.54. The summed E-state index contributed by atoms with van der Waals surface area (Å²) in [5.41, 5.74) is -0.0929. The van der Waals surface area contributed by atoms with E-state index in [-0.39, 0.29) is 11.6 Å². The van der Waals surface area contributed by atoms with Gasteiger partial charge in [-0.15, -0.1) is 0 Å². The van der Waals surface area contributed by atoms with E-state index in [9.17, 15) is 0 Å². The van der Waals surface area contributed by atoms with Crippen molar-refractivity contribution in [3.05, 3.63) is 0 Å². The highest BCUT2D eigenvalue weighted by atomic mass is 16.5. The molecule has 1 N–H and O–H groups in total. The number of hydrogen-bond donors (Lipinski definition) is 1. The lowest BCUT2D eigenvalue weighted by atomic mass is 9.88. The molecule has 0 spiro atoms. The molecule has 0 aromatic heterocycles. The number of nitrogens with one attached hydrogen (secondary N) is 1. The Kier molecular flexibility index (Phi) is 8.90. The molecule has 98 valence electrons. The zero-order valence-electron chi connectivity index (χ0n) is 11.6. The maximum atomic E-state index is 5.75. The number of ether oxygens (including phenoxy) is 2. The molecule has 1 unspecified atom stereocenters. The summed E-state index contributed by atoms with van der Waals surface area (Å²) in [6.07, 6.45) is 3.15. The zero-order valence-corrected chi connectivity index (χ0v) is 11.6. The van der Waals surface area contributed by atoms with Crippen molar-refractivity contribution in [2.45, 2.75) is 58.6 Å². The minimum absolute atomic E-state index is 0.0929. The highest BCUT2D eigenvalue weighted by molar-refractivity contribution is 4.91. The second-order valence-electron chi connectivity index (χ2n) is 4.14. The fraction of sp³-hybridized carbons (Fsp3) is 1.00. The quantitative estimate of drug-likeness (QED) is 0.627. The summed E-state index contributed by atoms with van der Waals surface area (Å²) in [4.78, 5) is 0. The van der Waals surface area contributed by atoms with E-state index in [0.717, 1.165) is 39.0 Å². The Labute approximate surface area is 101 Å². The van der Waals surface area contributed by atoms with Gasteiger partial charge in [0.25, 0.3) is 0 Å². The van der Waals surface area contributed by atoms with Gasteiger partial charge in [-0.05, 0) is 32.7 Å². The van der Waals surface area contributed by atoms with Gasteiger partial charge in [-0.25, -0.2) is 0 Å². The van der Waals surface area contributed by atoms with Crippen LogP contribution in [-0.2, 0) is 9.47 Å². The largest absolute Gasteiger partial charge is 0.380 e. The van der Waals surface area contributed by atoms with Gasteiger partial charge in [0, 0.05) is 13.7 Å². The molecule has 0 radical (unpaired) electrons. The van der Waals surface area contributed by atoms with Crippen LogP contribution in [0.5, 0.6) is 0 Å². The van der Waals surface area contributed by atoms with Gasteiger partial charge in [-0.1, -0.05) is 20.8 Å². The van der Waals surface area contributed by atoms with Gasteiger partial charge in [-0.3, -0.25) is 0 Å². The van der Waals surface area contributed by atoms with Gasteiger partial charge in [-0.2, -0.15) is 0 Å². The van der Waals surface area contributed by atoms with Gasteiger partial charge >= 0.3 is 0 Å². The highest BCUT2D eigenvalue weighted by Crippen LogP contribution is 2.24. The molecule has 3 nitrogen and oxygen atoms in total. The molecule has 0 saturated heterocycles. The molecule has 0 aliphatic rings. The van der Waals surface area contributed by atoms with Crippen LogP contribution in [0, 0.1) is 0 Å². The number of methoxy groups -OCH3 is 1. The third kappa shape index (κ3) is 4.40. The summed E-state index contributed by atoms with van der Waals surface area (Å²) in [6, 6.07) is 0.285. The normalized spacial score (nSPS) is 14.1. The maximum absolute atomic E-state index is 5.75. The lowest BCUT2D eigenvalue weighted by Gasteiger charge is -2.38. The average molecular weight is 231 g/mol. The van der Waals surface area contributed by atoms with Crippen LogP contribution in [0.15, 0.2) is 0 Å². The van der Waals surface area contributed by atoms with Crippen LogP contribution < -0.4 is 5.32 Å². The van der Waals surface area contributed by atoms with E-state index in [2.05, 4.69) is 26.1 Å². The molecular weight excluding hydrogens is 202 g/mol. The molecule has 0 rings (SSSR count). The first kappa shape index (κ1) is 15.9. The molecule has 3 heteroatoms. The summed E-state index contributed by atoms with van der Waals surface area (Å²) in [6.45, 7) is 11.1. The Morgan fingerprint density at radius 3 is 2.12 bits per heavy atom. The van der Waals surface area contributed by atoms with Crippen LogP contribution in [0.1, 0.15) is 47.0 Å². The van der Waals surface area contributed by atoms with Crippen molar-refractivity contribution in [3.8, 4) is 0 Å². The van der Waals surface area contributed by atoms with Crippen molar-refractivity contribution >= 4 is 0 Å². The molecule has 0 fully saturated rings. The first-order chi connectivity index (χ1) is 7.70. The first-order valence-corrected chi connectivity index (χ1v) is 6.56. The third-order valence-electron chi connectivity index (χ3n) is 3.37. The molecule has 0 amide bonds. The fourth-order valence-electron chi connectivity index (χ4n) is 2.12.